The van der Waals surface area contributed by atoms with Crippen LogP contribution in [0.25, 0.3) is 0 Å². The molecular formula is C19H31N3O6. The third-order valence-corrected chi connectivity index (χ3v) is 3.76. The second-order valence-corrected chi connectivity index (χ2v) is 6.08. The fourth-order valence-electron chi connectivity index (χ4n) is 2.40. The van der Waals surface area contributed by atoms with Gasteiger partial charge in [0.15, 0.2) is 5.75 Å². The maximum Gasteiger partial charge on any atom is 0.256 e. The Morgan fingerprint density at radius 2 is 1.43 bits per heavy atom. The molecule has 0 aliphatic carbocycles. The molecule has 2 amide bonds. The molecule has 9 nitrogen and oxygen atoms in total. The van der Waals surface area contributed by atoms with Gasteiger partial charge in [-0.05, 0) is 50.7 Å². The Bertz CT molecular complexity index is 521. The first-order chi connectivity index (χ1) is 13.7. The van der Waals surface area contributed by atoms with Crippen molar-refractivity contribution in [1.29, 1.82) is 0 Å². The van der Waals surface area contributed by atoms with Gasteiger partial charge >= 0.3 is 0 Å². The Kier molecular flexibility index (Phi) is 13.2. The Morgan fingerprint density at radius 3 is 2.00 bits per heavy atom. The average Bonchev–Trinajstić information content (AvgIpc) is 2.68. The SMILES string of the molecule is CONC(=O)CCCCCOc1cccnc1OCCCCCC(=O)NOC. The normalized spacial score (nSPS) is 10.4. The van der Waals surface area contributed by atoms with E-state index >= 15 is 0 Å². The summed E-state index contributed by atoms with van der Waals surface area (Å²) >= 11 is 0. The maximum absolute atomic E-state index is 11.3. The van der Waals surface area contributed by atoms with Crippen LogP contribution in [0.4, 0.5) is 0 Å². The molecule has 9 heteroatoms. The number of unbranched alkanes of at least 4 members (excludes halogenated alkanes) is 4. The fourth-order valence-corrected chi connectivity index (χ4v) is 2.40. The van der Waals surface area contributed by atoms with Crippen LogP contribution in [0.5, 0.6) is 11.6 Å². The number of carbonyl (C=O) groups is 2. The van der Waals surface area contributed by atoms with Crippen molar-refractivity contribution in [2.24, 2.45) is 0 Å². The van der Waals surface area contributed by atoms with E-state index in [0.29, 0.717) is 37.7 Å². The largest absolute Gasteiger partial charge is 0.488 e. The van der Waals surface area contributed by atoms with Crippen LogP contribution in [-0.4, -0.2) is 44.2 Å². The minimum Gasteiger partial charge on any atom is -0.488 e. The summed E-state index contributed by atoms with van der Waals surface area (Å²) in [7, 11) is 2.83. The van der Waals surface area contributed by atoms with Crippen LogP contribution >= 0.6 is 0 Å². The molecule has 0 atom stereocenters. The van der Waals surface area contributed by atoms with E-state index < -0.39 is 0 Å². The first-order valence-corrected chi connectivity index (χ1v) is 9.51. The number of nitrogens with one attached hydrogen (secondary N) is 2. The molecule has 1 aromatic heterocycles. The topological polar surface area (TPSA) is 108 Å². The zero-order chi connectivity index (χ0) is 20.5. The number of pyridine rings is 1. The summed E-state index contributed by atoms with van der Waals surface area (Å²) in [6.45, 7) is 1.04. The zero-order valence-electron chi connectivity index (χ0n) is 16.7. The predicted molar refractivity (Wildman–Crippen MR) is 102 cm³/mol. The van der Waals surface area contributed by atoms with E-state index in [1.807, 2.05) is 6.07 Å². The van der Waals surface area contributed by atoms with Gasteiger partial charge in [0.05, 0.1) is 27.4 Å². The molecule has 0 unspecified atom stereocenters. The van der Waals surface area contributed by atoms with Gasteiger partial charge in [0.1, 0.15) is 0 Å². The van der Waals surface area contributed by atoms with Gasteiger partial charge in [-0.25, -0.2) is 15.9 Å². The van der Waals surface area contributed by atoms with E-state index in [4.69, 9.17) is 9.47 Å². The molecule has 0 aliphatic rings. The van der Waals surface area contributed by atoms with Crippen molar-refractivity contribution >= 4 is 11.8 Å². The van der Waals surface area contributed by atoms with Crippen LogP contribution in [-0.2, 0) is 19.3 Å². The van der Waals surface area contributed by atoms with Gasteiger partial charge in [-0.1, -0.05) is 0 Å². The van der Waals surface area contributed by atoms with Crippen molar-refractivity contribution in [3.05, 3.63) is 18.3 Å². The van der Waals surface area contributed by atoms with Crippen LogP contribution in [0, 0.1) is 0 Å². The molecule has 1 heterocycles. The Balaban J connectivity index is 2.16. The Hall–Kier alpha value is -2.39. The molecule has 28 heavy (non-hydrogen) atoms. The highest BCUT2D eigenvalue weighted by Crippen LogP contribution is 2.24. The number of rotatable bonds is 16. The van der Waals surface area contributed by atoms with Crippen LogP contribution in [0.2, 0.25) is 0 Å². The number of hydrogen-bond acceptors (Lipinski definition) is 7. The van der Waals surface area contributed by atoms with Crippen molar-refractivity contribution in [2.75, 3.05) is 27.4 Å². The minimum absolute atomic E-state index is 0.120. The highest BCUT2D eigenvalue weighted by atomic mass is 16.6. The Morgan fingerprint density at radius 1 is 0.857 bits per heavy atom. The molecule has 0 radical (unpaired) electrons. The summed E-state index contributed by atoms with van der Waals surface area (Å²) in [5, 5.41) is 0. The number of hydrogen-bond donors (Lipinski definition) is 2. The number of amides is 2. The van der Waals surface area contributed by atoms with Crippen molar-refractivity contribution in [3.8, 4) is 11.6 Å². The highest BCUT2D eigenvalue weighted by molar-refractivity contribution is 5.74. The summed E-state index contributed by atoms with van der Waals surface area (Å²) < 4.78 is 11.4. The third kappa shape index (κ3) is 11.3. The summed E-state index contributed by atoms with van der Waals surface area (Å²) in [6, 6.07) is 3.62. The molecule has 0 aliphatic heterocycles. The van der Waals surface area contributed by atoms with E-state index in [1.165, 1.54) is 14.2 Å². The molecule has 2 N–H and O–H groups in total. The summed E-state index contributed by atoms with van der Waals surface area (Å²) in [5.74, 6) is 0.840. The van der Waals surface area contributed by atoms with Crippen LogP contribution in [0.3, 0.4) is 0 Å². The molecule has 0 aromatic carbocycles. The number of carbonyl (C=O) groups excluding carboxylic acids is 2. The average molecular weight is 397 g/mol. The lowest BCUT2D eigenvalue weighted by Crippen LogP contribution is -2.21. The van der Waals surface area contributed by atoms with Gasteiger partial charge in [-0.3, -0.25) is 19.3 Å². The van der Waals surface area contributed by atoms with Gasteiger partial charge in [-0.15, -0.1) is 0 Å². The van der Waals surface area contributed by atoms with Crippen molar-refractivity contribution in [2.45, 2.75) is 51.4 Å². The highest BCUT2D eigenvalue weighted by Gasteiger charge is 2.07. The van der Waals surface area contributed by atoms with Gasteiger partial charge in [0.2, 0.25) is 11.8 Å². The van der Waals surface area contributed by atoms with Crippen molar-refractivity contribution < 1.29 is 28.7 Å². The first kappa shape index (κ1) is 23.6. The third-order valence-electron chi connectivity index (χ3n) is 3.76. The van der Waals surface area contributed by atoms with Gasteiger partial charge < -0.3 is 9.47 Å². The van der Waals surface area contributed by atoms with E-state index in [2.05, 4.69) is 25.6 Å². The predicted octanol–water partition coefficient (Wildman–Crippen LogP) is 2.32. The lowest BCUT2D eigenvalue weighted by molar-refractivity contribution is -0.132. The van der Waals surface area contributed by atoms with Crippen LogP contribution in [0.1, 0.15) is 51.4 Å². The van der Waals surface area contributed by atoms with Gasteiger partial charge in [-0.2, -0.15) is 0 Å². The Labute approximate surface area is 166 Å². The zero-order valence-corrected chi connectivity index (χ0v) is 16.7. The summed E-state index contributed by atoms with van der Waals surface area (Å²) in [5.41, 5.74) is 4.58. The molecule has 0 saturated carbocycles. The number of nitrogens with zero attached hydrogens (tertiary/aromatic N) is 1. The van der Waals surface area contributed by atoms with Crippen molar-refractivity contribution in [1.82, 2.24) is 15.9 Å². The number of hydroxylamine groups is 2. The fraction of sp³-hybridized carbons (Fsp3) is 0.632. The number of ether oxygens (including phenoxy) is 2. The second kappa shape index (κ2) is 15.6. The smallest absolute Gasteiger partial charge is 0.256 e. The van der Waals surface area contributed by atoms with E-state index in [-0.39, 0.29) is 11.8 Å². The molecule has 0 spiro atoms. The molecule has 0 fully saturated rings. The molecular weight excluding hydrogens is 366 g/mol. The van der Waals surface area contributed by atoms with E-state index in [9.17, 15) is 9.59 Å². The second-order valence-electron chi connectivity index (χ2n) is 6.08. The summed E-state index contributed by atoms with van der Waals surface area (Å²) in [4.78, 5) is 35.8. The summed E-state index contributed by atoms with van der Waals surface area (Å²) in [6.07, 6.45) is 7.47. The first-order valence-electron chi connectivity index (χ1n) is 9.51. The quantitative estimate of drug-likeness (QED) is 0.325. The van der Waals surface area contributed by atoms with Crippen LogP contribution in [0.15, 0.2) is 18.3 Å². The molecule has 158 valence electrons. The molecule has 0 bridgehead atoms. The minimum atomic E-state index is -0.122. The van der Waals surface area contributed by atoms with E-state index in [0.717, 1.165) is 38.5 Å². The van der Waals surface area contributed by atoms with Crippen LogP contribution < -0.4 is 20.4 Å². The standard InChI is InChI=1S/C19H31N3O6/c1-25-21-17(23)11-5-3-7-14-27-16-10-9-13-20-19(16)28-15-8-4-6-12-18(24)22-26-2/h9-10,13H,3-8,11-12,14-15H2,1-2H3,(H,21,23)(H,22,24). The van der Waals surface area contributed by atoms with Gasteiger partial charge in [0.25, 0.3) is 5.88 Å². The monoisotopic (exact) mass is 397 g/mol. The van der Waals surface area contributed by atoms with E-state index in [1.54, 1.807) is 12.3 Å². The van der Waals surface area contributed by atoms with Gasteiger partial charge in [0, 0.05) is 19.0 Å². The maximum atomic E-state index is 11.3. The molecule has 1 aromatic rings. The van der Waals surface area contributed by atoms with Crippen molar-refractivity contribution in [3.63, 3.8) is 0 Å². The molecule has 0 saturated heterocycles. The lowest BCUT2D eigenvalue weighted by Gasteiger charge is -2.11. The molecule has 1 rings (SSSR count). The lowest BCUT2D eigenvalue weighted by atomic mass is 10.2. The number of aromatic nitrogens is 1.